The highest BCUT2D eigenvalue weighted by Crippen LogP contribution is 2.29. The molecule has 0 amide bonds. The van der Waals surface area contributed by atoms with Crippen LogP contribution in [0.25, 0.3) is 0 Å². The first-order valence-corrected chi connectivity index (χ1v) is 6.58. The molecule has 1 fully saturated rings. The third kappa shape index (κ3) is 3.05. The second-order valence-electron chi connectivity index (χ2n) is 4.56. The summed E-state index contributed by atoms with van der Waals surface area (Å²) in [6.45, 7) is 4.94. The predicted molar refractivity (Wildman–Crippen MR) is 72.7 cm³/mol. The van der Waals surface area contributed by atoms with Crippen LogP contribution < -0.4 is 15.4 Å². The SMILES string of the molecule is CCOc1cc(N2CCCCCC2)ccc1N. The van der Waals surface area contributed by atoms with Crippen LogP contribution in [0.5, 0.6) is 5.75 Å². The lowest BCUT2D eigenvalue weighted by molar-refractivity contribution is 0.342. The Morgan fingerprint density at radius 3 is 2.53 bits per heavy atom. The molecule has 0 unspecified atom stereocenters. The Morgan fingerprint density at radius 1 is 1.18 bits per heavy atom. The summed E-state index contributed by atoms with van der Waals surface area (Å²) in [7, 11) is 0. The predicted octanol–water partition coefficient (Wildman–Crippen LogP) is 3.05. The van der Waals surface area contributed by atoms with E-state index >= 15 is 0 Å². The highest BCUT2D eigenvalue weighted by Gasteiger charge is 2.11. The van der Waals surface area contributed by atoms with Crippen LogP contribution in [-0.4, -0.2) is 19.7 Å². The van der Waals surface area contributed by atoms with Gasteiger partial charge in [0, 0.05) is 24.8 Å². The number of nitrogens with zero attached hydrogens (tertiary/aromatic N) is 1. The van der Waals surface area contributed by atoms with Crippen LogP contribution in [0.3, 0.4) is 0 Å². The van der Waals surface area contributed by atoms with E-state index in [0.29, 0.717) is 6.61 Å². The van der Waals surface area contributed by atoms with Crippen molar-refractivity contribution in [3.8, 4) is 5.75 Å². The van der Waals surface area contributed by atoms with Crippen LogP contribution in [0.2, 0.25) is 0 Å². The third-order valence-electron chi connectivity index (χ3n) is 3.27. The Kier molecular flexibility index (Phi) is 4.13. The lowest BCUT2D eigenvalue weighted by Crippen LogP contribution is -2.23. The molecule has 3 heteroatoms. The van der Waals surface area contributed by atoms with E-state index in [1.54, 1.807) is 0 Å². The minimum Gasteiger partial charge on any atom is -0.492 e. The van der Waals surface area contributed by atoms with Crippen molar-refractivity contribution in [2.75, 3.05) is 30.3 Å². The molecular formula is C14H22N2O. The normalized spacial score (nSPS) is 16.6. The van der Waals surface area contributed by atoms with Crippen LogP contribution in [0, 0.1) is 0 Å². The van der Waals surface area contributed by atoms with Crippen molar-refractivity contribution in [3.05, 3.63) is 18.2 Å². The minimum atomic E-state index is 0.660. The van der Waals surface area contributed by atoms with Crippen molar-refractivity contribution in [1.29, 1.82) is 0 Å². The zero-order valence-electron chi connectivity index (χ0n) is 10.6. The van der Waals surface area contributed by atoms with Crippen molar-refractivity contribution >= 4 is 11.4 Å². The minimum absolute atomic E-state index is 0.660. The number of nitrogen functional groups attached to an aromatic ring is 1. The molecule has 1 heterocycles. The van der Waals surface area contributed by atoms with Crippen LogP contribution in [-0.2, 0) is 0 Å². The highest BCUT2D eigenvalue weighted by atomic mass is 16.5. The number of ether oxygens (including phenoxy) is 1. The van der Waals surface area contributed by atoms with Crippen LogP contribution in [0.1, 0.15) is 32.6 Å². The molecule has 94 valence electrons. The fraction of sp³-hybridized carbons (Fsp3) is 0.571. The van der Waals surface area contributed by atoms with Crippen LogP contribution in [0.15, 0.2) is 18.2 Å². The molecule has 0 radical (unpaired) electrons. The monoisotopic (exact) mass is 234 g/mol. The van der Waals surface area contributed by atoms with Crippen molar-refractivity contribution in [2.24, 2.45) is 0 Å². The smallest absolute Gasteiger partial charge is 0.144 e. The van der Waals surface area contributed by atoms with E-state index in [0.717, 1.165) is 24.5 Å². The summed E-state index contributed by atoms with van der Waals surface area (Å²) in [6, 6.07) is 6.12. The van der Waals surface area contributed by atoms with Crippen LogP contribution in [0.4, 0.5) is 11.4 Å². The van der Waals surface area contributed by atoms with Gasteiger partial charge in [0.25, 0.3) is 0 Å². The lowest BCUT2D eigenvalue weighted by atomic mass is 10.2. The second-order valence-corrected chi connectivity index (χ2v) is 4.56. The van der Waals surface area contributed by atoms with E-state index < -0.39 is 0 Å². The molecule has 1 aliphatic rings. The Hall–Kier alpha value is -1.38. The summed E-state index contributed by atoms with van der Waals surface area (Å²) >= 11 is 0. The van der Waals surface area contributed by atoms with Gasteiger partial charge in [-0.15, -0.1) is 0 Å². The zero-order valence-corrected chi connectivity index (χ0v) is 10.6. The molecule has 1 aromatic rings. The van der Waals surface area contributed by atoms with Crippen LogP contribution >= 0.6 is 0 Å². The van der Waals surface area contributed by atoms with E-state index in [2.05, 4.69) is 17.0 Å². The molecule has 0 aromatic heterocycles. The molecule has 2 rings (SSSR count). The number of benzene rings is 1. The Bertz CT molecular complexity index is 357. The molecule has 1 saturated heterocycles. The van der Waals surface area contributed by atoms with Crippen molar-refractivity contribution in [1.82, 2.24) is 0 Å². The summed E-state index contributed by atoms with van der Waals surface area (Å²) in [5.41, 5.74) is 7.86. The van der Waals surface area contributed by atoms with Gasteiger partial charge in [-0.25, -0.2) is 0 Å². The van der Waals surface area contributed by atoms with Gasteiger partial charge in [0.2, 0.25) is 0 Å². The van der Waals surface area contributed by atoms with Crippen molar-refractivity contribution < 1.29 is 4.74 Å². The summed E-state index contributed by atoms with van der Waals surface area (Å²) < 4.78 is 5.55. The first-order valence-electron chi connectivity index (χ1n) is 6.58. The van der Waals surface area contributed by atoms with Gasteiger partial charge in [-0.05, 0) is 31.9 Å². The number of hydrogen-bond acceptors (Lipinski definition) is 3. The number of nitrogens with two attached hydrogens (primary N) is 1. The standard InChI is InChI=1S/C14H22N2O/c1-2-17-14-11-12(7-8-13(14)15)16-9-5-3-4-6-10-16/h7-8,11H,2-6,9-10,15H2,1H3. The van der Waals surface area contributed by atoms with E-state index in [-0.39, 0.29) is 0 Å². The van der Waals surface area contributed by atoms with E-state index in [1.807, 2.05) is 13.0 Å². The molecule has 0 atom stereocenters. The molecule has 0 saturated carbocycles. The Balaban J connectivity index is 2.16. The van der Waals surface area contributed by atoms with Gasteiger partial charge >= 0.3 is 0 Å². The molecule has 17 heavy (non-hydrogen) atoms. The van der Waals surface area contributed by atoms with Crippen molar-refractivity contribution in [3.63, 3.8) is 0 Å². The summed E-state index contributed by atoms with van der Waals surface area (Å²) in [4.78, 5) is 2.44. The summed E-state index contributed by atoms with van der Waals surface area (Å²) in [5.74, 6) is 0.814. The molecule has 3 nitrogen and oxygen atoms in total. The second kappa shape index (κ2) is 5.80. The number of hydrogen-bond donors (Lipinski definition) is 1. The molecule has 2 N–H and O–H groups in total. The van der Waals surface area contributed by atoms with E-state index in [4.69, 9.17) is 10.5 Å². The molecular weight excluding hydrogens is 212 g/mol. The third-order valence-corrected chi connectivity index (χ3v) is 3.27. The average Bonchev–Trinajstić information content (AvgIpc) is 2.61. The van der Waals surface area contributed by atoms with Gasteiger partial charge in [0.15, 0.2) is 0 Å². The maximum Gasteiger partial charge on any atom is 0.144 e. The van der Waals surface area contributed by atoms with Gasteiger partial charge in [0.1, 0.15) is 5.75 Å². The van der Waals surface area contributed by atoms with Gasteiger partial charge < -0.3 is 15.4 Å². The summed E-state index contributed by atoms with van der Waals surface area (Å²) in [6.07, 6.45) is 5.27. The summed E-state index contributed by atoms with van der Waals surface area (Å²) in [5, 5.41) is 0. The van der Waals surface area contributed by atoms with Gasteiger partial charge in [-0.1, -0.05) is 12.8 Å². The largest absolute Gasteiger partial charge is 0.492 e. The molecule has 0 spiro atoms. The highest BCUT2D eigenvalue weighted by molar-refractivity contribution is 5.62. The molecule has 1 aromatic carbocycles. The van der Waals surface area contributed by atoms with E-state index in [1.165, 1.54) is 31.4 Å². The quantitative estimate of drug-likeness (QED) is 0.817. The average molecular weight is 234 g/mol. The maximum absolute atomic E-state index is 5.89. The van der Waals surface area contributed by atoms with Gasteiger partial charge in [-0.2, -0.15) is 0 Å². The number of anilines is 2. The lowest BCUT2D eigenvalue weighted by Gasteiger charge is -2.23. The van der Waals surface area contributed by atoms with Crippen molar-refractivity contribution in [2.45, 2.75) is 32.6 Å². The fourth-order valence-electron chi connectivity index (χ4n) is 2.33. The fourth-order valence-corrected chi connectivity index (χ4v) is 2.33. The van der Waals surface area contributed by atoms with E-state index in [9.17, 15) is 0 Å². The van der Waals surface area contributed by atoms with Gasteiger partial charge in [0.05, 0.1) is 12.3 Å². The first-order chi connectivity index (χ1) is 8.31. The number of rotatable bonds is 3. The topological polar surface area (TPSA) is 38.5 Å². The molecule has 0 bridgehead atoms. The Morgan fingerprint density at radius 2 is 1.88 bits per heavy atom. The Labute approximate surface area is 104 Å². The molecule has 0 aliphatic carbocycles. The maximum atomic E-state index is 5.89. The first kappa shape index (κ1) is 12.1. The zero-order chi connectivity index (χ0) is 12.1. The molecule has 1 aliphatic heterocycles. The van der Waals surface area contributed by atoms with Gasteiger partial charge in [-0.3, -0.25) is 0 Å².